The summed E-state index contributed by atoms with van der Waals surface area (Å²) in [6.07, 6.45) is 6.96. The van der Waals surface area contributed by atoms with Crippen LogP contribution in [0.15, 0.2) is 24.3 Å². The second-order valence-corrected chi connectivity index (χ2v) is 6.59. The molecule has 2 fully saturated rings. The molecule has 2 aliphatic rings. The van der Waals surface area contributed by atoms with E-state index in [2.05, 4.69) is 22.3 Å². The second-order valence-electron chi connectivity index (χ2n) is 6.59. The molecule has 1 aromatic carbocycles. The largest absolute Gasteiger partial charge is 0.370 e. The first-order valence-corrected chi connectivity index (χ1v) is 8.64. The number of para-hydroxylation sites is 2. The summed E-state index contributed by atoms with van der Waals surface area (Å²) in [5, 5.41) is 3.18. The molecule has 1 aliphatic carbocycles. The van der Waals surface area contributed by atoms with Crippen LogP contribution in [0.3, 0.4) is 0 Å². The van der Waals surface area contributed by atoms with Gasteiger partial charge in [-0.2, -0.15) is 0 Å². The van der Waals surface area contributed by atoms with Gasteiger partial charge in [0.2, 0.25) is 5.91 Å². The fourth-order valence-corrected chi connectivity index (χ4v) is 3.88. The molecule has 1 saturated carbocycles. The van der Waals surface area contributed by atoms with E-state index in [1.165, 1.54) is 19.3 Å². The molecule has 0 spiro atoms. The molecule has 1 amide bonds. The van der Waals surface area contributed by atoms with Gasteiger partial charge in [-0.25, -0.2) is 0 Å². The molecule has 0 bridgehead atoms. The van der Waals surface area contributed by atoms with Crippen LogP contribution in [0, 0.1) is 11.8 Å². The maximum atomic E-state index is 12.6. The quantitative estimate of drug-likeness (QED) is 0.899. The van der Waals surface area contributed by atoms with Crippen molar-refractivity contribution in [3.63, 3.8) is 0 Å². The van der Waals surface area contributed by atoms with Crippen LogP contribution in [0.25, 0.3) is 0 Å². The Hall–Kier alpha value is -1.55. The Kier molecular flexibility index (Phi) is 4.98. The van der Waals surface area contributed by atoms with Gasteiger partial charge in [0.15, 0.2) is 0 Å². The fourth-order valence-electron chi connectivity index (χ4n) is 3.88. The highest BCUT2D eigenvalue weighted by atomic mass is 16.1. The Morgan fingerprint density at radius 1 is 1.14 bits per heavy atom. The molecule has 1 aromatic rings. The van der Waals surface area contributed by atoms with Crippen molar-refractivity contribution in [1.82, 2.24) is 0 Å². The van der Waals surface area contributed by atoms with Gasteiger partial charge in [0, 0.05) is 19.0 Å². The van der Waals surface area contributed by atoms with Crippen molar-refractivity contribution in [3.8, 4) is 0 Å². The van der Waals surface area contributed by atoms with Crippen molar-refractivity contribution in [2.45, 2.75) is 38.5 Å². The van der Waals surface area contributed by atoms with Crippen LogP contribution >= 0.6 is 0 Å². The number of hydrogen-bond acceptors (Lipinski definition) is 3. The summed E-state index contributed by atoms with van der Waals surface area (Å²) in [7, 11) is 0. The second kappa shape index (κ2) is 7.14. The molecule has 2 atom stereocenters. The van der Waals surface area contributed by atoms with Gasteiger partial charge in [-0.3, -0.25) is 4.79 Å². The molecule has 3 N–H and O–H groups in total. The predicted octanol–water partition coefficient (Wildman–Crippen LogP) is 2.99. The lowest BCUT2D eigenvalue weighted by atomic mass is 9.95. The van der Waals surface area contributed by atoms with E-state index in [9.17, 15) is 4.79 Å². The third-order valence-corrected chi connectivity index (χ3v) is 5.16. The van der Waals surface area contributed by atoms with Gasteiger partial charge < -0.3 is 16.0 Å². The standard InChI is InChI=1S/C18H27N3O/c19-13-14-7-6-8-15(14)18(22)20-16-9-2-3-10-17(16)21-11-4-1-5-12-21/h2-3,9-10,14-15H,1,4-8,11-13,19H2,(H,20,22)/t14-,15-/m1/s1. The Balaban J connectivity index is 1.73. The molecule has 0 radical (unpaired) electrons. The third-order valence-electron chi connectivity index (χ3n) is 5.16. The maximum Gasteiger partial charge on any atom is 0.227 e. The number of nitrogens with two attached hydrogens (primary N) is 1. The van der Waals surface area contributed by atoms with Crippen molar-refractivity contribution in [1.29, 1.82) is 0 Å². The first-order chi connectivity index (χ1) is 10.8. The van der Waals surface area contributed by atoms with Crippen LogP contribution in [0.5, 0.6) is 0 Å². The smallest absolute Gasteiger partial charge is 0.227 e. The summed E-state index contributed by atoms with van der Waals surface area (Å²) in [4.78, 5) is 15.0. The van der Waals surface area contributed by atoms with Crippen molar-refractivity contribution in [2.24, 2.45) is 17.6 Å². The molecule has 120 valence electrons. The lowest BCUT2D eigenvalue weighted by Crippen LogP contribution is -2.32. The first kappa shape index (κ1) is 15.3. The molecular formula is C18H27N3O. The van der Waals surface area contributed by atoms with Crippen LogP contribution in [0.4, 0.5) is 11.4 Å². The Morgan fingerprint density at radius 2 is 1.91 bits per heavy atom. The van der Waals surface area contributed by atoms with Crippen molar-refractivity contribution in [2.75, 3.05) is 29.9 Å². The van der Waals surface area contributed by atoms with Gasteiger partial charge >= 0.3 is 0 Å². The minimum Gasteiger partial charge on any atom is -0.370 e. The molecule has 1 heterocycles. The molecule has 22 heavy (non-hydrogen) atoms. The van der Waals surface area contributed by atoms with E-state index >= 15 is 0 Å². The number of rotatable bonds is 4. The highest BCUT2D eigenvalue weighted by molar-refractivity contribution is 5.96. The van der Waals surface area contributed by atoms with Gasteiger partial charge in [-0.15, -0.1) is 0 Å². The van der Waals surface area contributed by atoms with Gasteiger partial charge in [0.05, 0.1) is 11.4 Å². The van der Waals surface area contributed by atoms with Crippen molar-refractivity contribution >= 4 is 17.3 Å². The van der Waals surface area contributed by atoms with Crippen LogP contribution < -0.4 is 16.0 Å². The molecular weight excluding hydrogens is 274 g/mol. The van der Waals surface area contributed by atoms with E-state index in [-0.39, 0.29) is 11.8 Å². The SMILES string of the molecule is NC[C@H]1CCC[C@H]1C(=O)Nc1ccccc1N1CCCCC1. The zero-order chi connectivity index (χ0) is 15.4. The average molecular weight is 301 g/mol. The van der Waals surface area contributed by atoms with E-state index in [4.69, 9.17) is 5.73 Å². The number of nitrogens with one attached hydrogen (secondary N) is 1. The van der Waals surface area contributed by atoms with Gasteiger partial charge in [-0.1, -0.05) is 18.6 Å². The molecule has 0 aromatic heterocycles. The van der Waals surface area contributed by atoms with Crippen molar-refractivity contribution < 1.29 is 4.79 Å². The van der Waals surface area contributed by atoms with Crippen LogP contribution in [-0.2, 0) is 4.79 Å². The highest BCUT2D eigenvalue weighted by Gasteiger charge is 2.32. The number of carbonyl (C=O) groups is 1. The summed E-state index contributed by atoms with van der Waals surface area (Å²) in [5.74, 6) is 0.582. The maximum absolute atomic E-state index is 12.6. The van der Waals surface area contributed by atoms with E-state index in [1.807, 2.05) is 12.1 Å². The molecule has 1 aliphatic heterocycles. The summed E-state index contributed by atoms with van der Waals surface area (Å²) in [5.41, 5.74) is 7.93. The molecule has 4 nitrogen and oxygen atoms in total. The number of amides is 1. The third kappa shape index (κ3) is 3.27. The number of anilines is 2. The number of hydrogen-bond donors (Lipinski definition) is 2. The Labute approximate surface area is 133 Å². The number of carbonyl (C=O) groups excluding carboxylic acids is 1. The molecule has 0 unspecified atom stereocenters. The Morgan fingerprint density at radius 3 is 2.68 bits per heavy atom. The van der Waals surface area contributed by atoms with Crippen LogP contribution in [0.1, 0.15) is 38.5 Å². The number of piperidine rings is 1. The van der Waals surface area contributed by atoms with Gasteiger partial charge in [0.25, 0.3) is 0 Å². The minimum atomic E-state index is 0.0828. The fraction of sp³-hybridized carbons (Fsp3) is 0.611. The zero-order valence-electron chi connectivity index (χ0n) is 13.3. The van der Waals surface area contributed by atoms with E-state index in [0.717, 1.165) is 43.7 Å². The zero-order valence-corrected chi connectivity index (χ0v) is 13.3. The summed E-state index contributed by atoms with van der Waals surface area (Å²) < 4.78 is 0. The Bertz CT molecular complexity index is 511. The monoisotopic (exact) mass is 301 g/mol. The minimum absolute atomic E-state index is 0.0828. The topological polar surface area (TPSA) is 58.4 Å². The van der Waals surface area contributed by atoms with E-state index in [0.29, 0.717) is 12.5 Å². The van der Waals surface area contributed by atoms with Gasteiger partial charge in [0.1, 0.15) is 0 Å². The summed E-state index contributed by atoms with van der Waals surface area (Å²) in [6, 6.07) is 8.19. The van der Waals surface area contributed by atoms with E-state index in [1.54, 1.807) is 0 Å². The summed E-state index contributed by atoms with van der Waals surface area (Å²) >= 11 is 0. The lowest BCUT2D eigenvalue weighted by Gasteiger charge is -2.31. The molecule has 1 saturated heterocycles. The number of benzene rings is 1. The highest BCUT2D eigenvalue weighted by Crippen LogP contribution is 2.34. The van der Waals surface area contributed by atoms with Gasteiger partial charge in [-0.05, 0) is 56.7 Å². The normalized spacial score (nSPS) is 25.2. The molecule has 4 heteroatoms. The predicted molar refractivity (Wildman–Crippen MR) is 91.0 cm³/mol. The molecule has 3 rings (SSSR count). The lowest BCUT2D eigenvalue weighted by molar-refractivity contribution is -0.120. The van der Waals surface area contributed by atoms with Crippen molar-refractivity contribution in [3.05, 3.63) is 24.3 Å². The van der Waals surface area contributed by atoms with Crippen LogP contribution in [0.2, 0.25) is 0 Å². The van der Waals surface area contributed by atoms with Crippen LogP contribution in [-0.4, -0.2) is 25.5 Å². The average Bonchev–Trinajstić information content (AvgIpc) is 3.05. The number of nitrogens with zero attached hydrogens (tertiary/aromatic N) is 1. The first-order valence-electron chi connectivity index (χ1n) is 8.64. The summed E-state index contributed by atoms with van der Waals surface area (Å²) in [6.45, 7) is 2.79. The van der Waals surface area contributed by atoms with E-state index < -0.39 is 0 Å².